The molecule has 0 bridgehead atoms. The van der Waals surface area contributed by atoms with E-state index in [2.05, 4.69) is 76.6 Å². The van der Waals surface area contributed by atoms with Crippen LogP contribution in [0.2, 0.25) is 0 Å². The summed E-state index contributed by atoms with van der Waals surface area (Å²) in [5, 5.41) is 0. The molecule has 2 aliphatic rings. The number of rotatable bonds is 10. The van der Waals surface area contributed by atoms with Crippen molar-refractivity contribution in [3.05, 3.63) is 89.5 Å². The van der Waals surface area contributed by atoms with Gasteiger partial charge in [-0.3, -0.25) is 4.79 Å². The highest BCUT2D eigenvalue weighted by Gasteiger charge is 2.30. The number of hydrogen-bond acceptors (Lipinski definition) is 4. The van der Waals surface area contributed by atoms with Gasteiger partial charge in [-0.2, -0.15) is 0 Å². The van der Waals surface area contributed by atoms with Crippen molar-refractivity contribution in [2.24, 2.45) is 0 Å². The SMILES string of the molecule is CC(Br)C(=O)OCCOC(=O)c1ccc([S+](c2ccc(C3CCCCC3)cc2)c2ccc(C3CCCCC3)cc2)cc1. The molecule has 6 heteroatoms. The molecule has 1 atom stereocenters. The zero-order valence-corrected chi connectivity index (χ0v) is 27.0. The Morgan fingerprint density at radius 3 is 1.50 bits per heavy atom. The highest BCUT2D eigenvalue weighted by molar-refractivity contribution is 9.10. The minimum atomic E-state index is -0.418. The van der Waals surface area contributed by atoms with Crippen LogP contribution in [-0.4, -0.2) is 30.0 Å². The van der Waals surface area contributed by atoms with Crippen molar-refractivity contribution >= 4 is 38.8 Å². The van der Waals surface area contributed by atoms with E-state index in [0.29, 0.717) is 17.4 Å². The van der Waals surface area contributed by atoms with Gasteiger partial charge in [-0.05, 0) is 104 Å². The molecule has 0 N–H and O–H groups in total. The van der Waals surface area contributed by atoms with E-state index >= 15 is 0 Å². The smallest absolute Gasteiger partial charge is 0.338 e. The van der Waals surface area contributed by atoms with Gasteiger partial charge in [0.05, 0.1) is 16.5 Å². The van der Waals surface area contributed by atoms with E-state index in [9.17, 15) is 9.59 Å². The Kier molecular flexibility index (Phi) is 11.2. The van der Waals surface area contributed by atoms with Crippen LogP contribution in [0.4, 0.5) is 0 Å². The summed E-state index contributed by atoms with van der Waals surface area (Å²) in [4.78, 5) is 27.6. The predicted octanol–water partition coefficient (Wildman–Crippen LogP) is 9.36. The van der Waals surface area contributed by atoms with E-state index < -0.39 is 5.97 Å². The Morgan fingerprint density at radius 2 is 1.07 bits per heavy atom. The lowest BCUT2D eigenvalue weighted by molar-refractivity contribution is -0.143. The fraction of sp³-hybridized carbons (Fsp3) is 0.444. The third-order valence-corrected chi connectivity index (χ3v) is 11.2. The van der Waals surface area contributed by atoms with E-state index in [0.717, 1.165) is 0 Å². The molecule has 2 fully saturated rings. The number of carbonyl (C=O) groups is 2. The third-order valence-electron chi connectivity index (χ3n) is 8.60. The van der Waals surface area contributed by atoms with E-state index in [1.807, 2.05) is 12.1 Å². The monoisotopic (exact) mass is 649 g/mol. The first-order valence-electron chi connectivity index (χ1n) is 15.5. The zero-order chi connectivity index (χ0) is 29.3. The van der Waals surface area contributed by atoms with Gasteiger partial charge in [0, 0.05) is 0 Å². The number of benzene rings is 3. The topological polar surface area (TPSA) is 52.6 Å². The molecule has 3 aromatic rings. The molecule has 3 aromatic carbocycles. The standard InChI is InChI=1S/C36H42BrO4S/c1-26(37)35(38)40-24-25-41-36(39)31-16-22-34(23-17-31)42(32-18-12-29(13-19-32)27-8-4-2-5-9-27)33-20-14-30(15-21-33)28-10-6-3-7-11-28/h12-23,26-28H,2-11,24-25H2,1H3/q+1. The van der Waals surface area contributed by atoms with Gasteiger partial charge in [0.2, 0.25) is 0 Å². The maximum absolute atomic E-state index is 12.7. The molecule has 42 heavy (non-hydrogen) atoms. The first-order chi connectivity index (χ1) is 20.5. The average molecular weight is 651 g/mol. The third kappa shape index (κ3) is 8.08. The normalized spacial score (nSPS) is 17.1. The summed E-state index contributed by atoms with van der Waals surface area (Å²) >= 11 is 3.17. The predicted molar refractivity (Wildman–Crippen MR) is 173 cm³/mol. The molecule has 0 aliphatic heterocycles. The largest absolute Gasteiger partial charge is 0.461 e. The van der Waals surface area contributed by atoms with Gasteiger partial charge in [0.25, 0.3) is 0 Å². The first kappa shape index (κ1) is 30.9. The van der Waals surface area contributed by atoms with Crippen molar-refractivity contribution in [3.8, 4) is 0 Å². The molecule has 0 saturated heterocycles. The van der Waals surface area contributed by atoms with Crippen molar-refractivity contribution in [3.63, 3.8) is 0 Å². The van der Waals surface area contributed by atoms with Crippen LogP contribution < -0.4 is 0 Å². The van der Waals surface area contributed by atoms with Gasteiger partial charge in [-0.15, -0.1) is 0 Å². The van der Waals surface area contributed by atoms with Crippen molar-refractivity contribution in [2.75, 3.05) is 13.2 Å². The summed E-state index contributed by atoms with van der Waals surface area (Å²) in [7, 11) is -0.293. The van der Waals surface area contributed by atoms with Gasteiger partial charge in [0.1, 0.15) is 18.0 Å². The lowest BCUT2D eigenvalue weighted by Crippen LogP contribution is -2.18. The Bertz CT molecular complexity index is 1230. The van der Waals surface area contributed by atoms with Crippen LogP contribution in [0.3, 0.4) is 0 Å². The molecule has 0 heterocycles. The quantitative estimate of drug-likeness (QED) is 0.0950. The summed E-state index contributed by atoms with van der Waals surface area (Å²) in [5.74, 6) is 0.570. The minimum absolute atomic E-state index is 0.0249. The molecule has 0 radical (unpaired) electrons. The Labute approximate surface area is 262 Å². The van der Waals surface area contributed by atoms with E-state index in [1.54, 1.807) is 6.92 Å². The van der Waals surface area contributed by atoms with Crippen LogP contribution in [-0.2, 0) is 25.2 Å². The van der Waals surface area contributed by atoms with Crippen LogP contribution in [0.15, 0.2) is 87.5 Å². The number of esters is 2. The molecular weight excluding hydrogens is 608 g/mol. The molecule has 5 rings (SSSR count). The van der Waals surface area contributed by atoms with Crippen molar-refractivity contribution < 1.29 is 19.1 Å². The molecule has 2 aliphatic carbocycles. The second kappa shape index (κ2) is 15.2. The van der Waals surface area contributed by atoms with Crippen LogP contribution >= 0.6 is 15.9 Å². The van der Waals surface area contributed by atoms with E-state index in [1.165, 1.54) is 90.0 Å². The van der Waals surface area contributed by atoms with E-state index in [-0.39, 0.29) is 34.9 Å². The number of alkyl halides is 1. The summed E-state index contributed by atoms with van der Waals surface area (Å²) in [6, 6.07) is 26.4. The van der Waals surface area contributed by atoms with Crippen LogP contribution in [0.25, 0.3) is 0 Å². The lowest BCUT2D eigenvalue weighted by atomic mass is 9.84. The average Bonchev–Trinajstić information content (AvgIpc) is 3.05. The van der Waals surface area contributed by atoms with Crippen LogP contribution in [0.1, 0.15) is 104 Å². The van der Waals surface area contributed by atoms with Gasteiger partial charge in [-0.25, -0.2) is 4.79 Å². The molecule has 0 amide bonds. The fourth-order valence-electron chi connectivity index (χ4n) is 6.23. The lowest BCUT2D eigenvalue weighted by Gasteiger charge is -2.22. The van der Waals surface area contributed by atoms with Gasteiger partial charge in [0.15, 0.2) is 14.7 Å². The molecule has 0 aromatic heterocycles. The Hall–Kier alpha value is -2.57. The minimum Gasteiger partial charge on any atom is -0.461 e. The zero-order valence-electron chi connectivity index (χ0n) is 24.6. The summed E-state index contributed by atoms with van der Waals surface area (Å²) < 4.78 is 10.4. The second-order valence-corrected chi connectivity index (χ2v) is 15.0. The summed E-state index contributed by atoms with van der Waals surface area (Å²) in [6.07, 6.45) is 13.2. The molecule has 0 spiro atoms. The molecule has 222 valence electrons. The van der Waals surface area contributed by atoms with Crippen LogP contribution in [0, 0.1) is 0 Å². The maximum Gasteiger partial charge on any atom is 0.338 e. The highest BCUT2D eigenvalue weighted by Crippen LogP contribution is 2.37. The Balaban J connectivity index is 1.34. The highest BCUT2D eigenvalue weighted by atomic mass is 79.9. The molecule has 4 nitrogen and oxygen atoms in total. The van der Waals surface area contributed by atoms with Crippen LogP contribution in [0.5, 0.6) is 0 Å². The van der Waals surface area contributed by atoms with Gasteiger partial charge < -0.3 is 9.47 Å². The number of ether oxygens (including phenoxy) is 2. The van der Waals surface area contributed by atoms with Crippen molar-refractivity contribution in [1.82, 2.24) is 0 Å². The first-order valence-corrected chi connectivity index (χ1v) is 17.7. The number of hydrogen-bond donors (Lipinski definition) is 0. The summed E-state index contributed by atoms with van der Waals surface area (Å²) in [5.41, 5.74) is 3.41. The van der Waals surface area contributed by atoms with E-state index in [4.69, 9.17) is 9.47 Å². The number of carbonyl (C=O) groups excluding carboxylic acids is 2. The van der Waals surface area contributed by atoms with Crippen molar-refractivity contribution in [1.29, 1.82) is 0 Å². The number of halogens is 1. The van der Waals surface area contributed by atoms with Gasteiger partial charge >= 0.3 is 11.9 Å². The maximum atomic E-state index is 12.7. The molecular formula is C36H42BrO4S+. The fourth-order valence-corrected chi connectivity index (χ4v) is 8.41. The second-order valence-electron chi connectivity index (χ2n) is 11.6. The summed E-state index contributed by atoms with van der Waals surface area (Å²) in [6.45, 7) is 1.76. The van der Waals surface area contributed by atoms with Gasteiger partial charge in [-0.1, -0.05) is 78.7 Å². The Morgan fingerprint density at radius 1 is 0.667 bits per heavy atom. The van der Waals surface area contributed by atoms with Crippen molar-refractivity contribution in [2.45, 2.75) is 102 Å². The molecule has 1 unspecified atom stereocenters. The molecule has 2 saturated carbocycles.